The molecule has 7 heteroatoms. The van der Waals surface area contributed by atoms with Crippen LogP contribution in [-0.2, 0) is 28.3 Å². The summed E-state index contributed by atoms with van der Waals surface area (Å²) in [6.45, 7) is 1.74. The largest absolute Gasteiger partial charge is 0.458 e. The van der Waals surface area contributed by atoms with Gasteiger partial charge in [-0.25, -0.2) is 14.2 Å². The summed E-state index contributed by atoms with van der Waals surface area (Å²) < 4.78 is 20.7. The summed E-state index contributed by atoms with van der Waals surface area (Å²) in [5, 5.41) is 11.2. The number of hydrogen-bond donors (Lipinski definition) is 1. The molecule has 2 aromatic heterocycles. The Morgan fingerprint density at radius 1 is 1.33 bits per heavy atom. The molecule has 0 bridgehead atoms. The monoisotopic (exact) mass is 366 g/mol. The number of carbonyl (C=O) groups is 1. The summed E-state index contributed by atoms with van der Waals surface area (Å²) in [4.78, 5) is 29.7. The van der Waals surface area contributed by atoms with Crippen molar-refractivity contribution >= 4 is 16.9 Å². The molecule has 1 aromatic carbocycles. The summed E-state index contributed by atoms with van der Waals surface area (Å²) in [6.07, 6.45) is 0.0882. The van der Waals surface area contributed by atoms with Crippen molar-refractivity contribution in [2.75, 3.05) is 0 Å². The quantitative estimate of drug-likeness (QED) is 0.523. The average Bonchev–Trinajstić information content (AvgIpc) is 3.02. The van der Waals surface area contributed by atoms with E-state index in [1.165, 1.54) is 10.6 Å². The van der Waals surface area contributed by atoms with Crippen LogP contribution in [0.5, 0.6) is 0 Å². The van der Waals surface area contributed by atoms with E-state index in [0.717, 1.165) is 5.56 Å². The van der Waals surface area contributed by atoms with Gasteiger partial charge in [0.25, 0.3) is 5.56 Å². The van der Waals surface area contributed by atoms with Crippen LogP contribution >= 0.6 is 0 Å². The highest BCUT2D eigenvalue weighted by Crippen LogP contribution is 2.38. The van der Waals surface area contributed by atoms with E-state index in [1.54, 1.807) is 31.2 Å². The van der Waals surface area contributed by atoms with E-state index < -0.39 is 11.6 Å². The van der Waals surface area contributed by atoms with Crippen molar-refractivity contribution in [2.24, 2.45) is 0 Å². The topological polar surface area (TPSA) is 81.4 Å². The lowest BCUT2D eigenvalue weighted by Crippen LogP contribution is -2.44. The minimum absolute atomic E-state index is 0.0882. The summed E-state index contributed by atoms with van der Waals surface area (Å²) in [7, 11) is 0. The molecule has 5 rings (SSSR count). The van der Waals surface area contributed by atoms with Gasteiger partial charge in [0, 0.05) is 16.5 Å². The number of aliphatic hydroxyl groups is 1. The molecule has 0 unspecified atom stereocenters. The van der Waals surface area contributed by atoms with E-state index in [-0.39, 0.29) is 42.1 Å². The van der Waals surface area contributed by atoms with Crippen LogP contribution < -0.4 is 5.56 Å². The highest BCUT2D eigenvalue weighted by molar-refractivity contribution is 5.86. The van der Waals surface area contributed by atoms with Gasteiger partial charge in [-0.3, -0.25) is 4.79 Å². The highest BCUT2D eigenvalue weighted by atomic mass is 19.1. The van der Waals surface area contributed by atoms with Crippen LogP contribution in [0.4, 0.5) is 4.39 Å². The van der Waals surface area contributed by atoms with Crippen molar-refractivity contribution in [3.8, 4) is 11.4 Å². The Kier molecular flexibility index (Phi) is 3.13. The Hall–Kier alpha value is -3.06. The minimum Gasteiger partial charge on any atom is -0.458 e. The summed E-state index contributed by atoms with van der Waals surface area (Å²) in [5.41, 5.74) is 0.638. The van der Waals surface area contributed by atoms with Crippen LogP contribution in [0.1, 0.15) is 30.0 Å². The number of halogens is 1. The normalized spacial score (nSPS) is 20.2. The molecular weight excluding hydrogens is 351 g/mol. The van der Waals surface area contributed by atoms with Crippen molar-refractivity contribution in [1.82, 2.24) is 9.55 Å². The lowest BCUT2D eigenvalue weighted by atomic mass is 9.86. The Bertz CT molecular complexity index is 1220. The van der Waals surface area contributed by atoms with Gasteiger partial charge in [0.15, 0.2) is 5.60 Å². The fourth-order valence-corrected chi connectivity index (χ4v) is 3.97. The third-order valence-corrected chi connectivity index (χ3v) is 5.50. The molecule has 4 heterocycles. The average molecular weight is 366 g/mol. The van der Waals surface area contributed by atoms with Gasteiger partial charge < -0.3 is 14.4 Å². The molecule has 0 radical (unpaired) electrons. The highest BCUT2D eigenvalue weighted by Gasteiger charge is 2.45. The molecule has 1 N–H and O–H groups in total. The van der Waals surface area contributed by atoms with Crippen LogP contribution in [0.15, 0.2) is 35.1 Å². The fourth-order valence-electron chi connectivity index (χ4n) is 3.97. The molecule has 0 saturated heterocycles. The van der Waals surface area contributed by atoms with Crippen LogP contribution in [-0.4, -0.2) is 20.6 Å². The number of benzene rings is 1. The lowest BCUT2D eigenvalue weighted by molar-refractivity contribution is -0.172. The van der Waals surface area contributed by atoms with Crippen molar-refractivity contribution in [1.29, 1.82) is 0 Å². The molecule has 27 heavy (non-hydrogen) atoms. The smallest absolute Gasteiger partial charge is 0.343 e. The Morgan fingerprint density at radius 2 is 2.15 bits per heavy atom. The Balaban J connectivity index is 1.81. The molecule has 3 aromatic rings. The maximum atomic E-state index is 14.1. The van der Waals surface area contributed by atoms with Crippen LogP contribution in [0.25, 0.3) is 22.3 Å². The Labute approximate surface area is 152 Å². The number of hydrogen-bond acceptors (Lipinski definition) is 5. The molecule has 0 amide bonds. The second-order valence-corrected chi connectivity index (χ2v) is 6.91. The van der Waals surface area contributed by atoms with E-state index in [2.05, 4.69) is 4.98 Å². The first kappa shape index (κ1) is 16.1. The lowest BCUT2D eigenvalue weighted by Gasteiger charge is -2.31. The van der Waals surface area contributed by atoms with E-state index in [1.807, 2.05) is 0 Å². The molecule has 0 spiro atoms. The van der Waals surface area contributed by atoms with Gasteiger partial charge in [-0.15, -0.1) is 0 Å². The third kappa shape index (κ3) is 2.00. The first-order valence-electron chi connectivity index (χ1n) is 8.69. The van der Waals surface area contributed by atoms with Crippen LogP contribution in [0, 0.1) is 5.82 Å². The molecule has 136 valence electrons. The predicted molar refractivity (Wildman–Crippen MR) is 94.5 cm³/mol. The second-order valence-electron chi connectivity index (χ2n) is 6.91. The van der Waals surface area contributed by atoms with Gasteiger partial charge in [-0.05, 0) is 30.7 Å². The maximum Gasteiger partial charge on any atom is 0.343 e. The van der Waals surface area contributed by atoms with Gasteiger partial charge in [0.2, 0.25) is 0 Å². The van der Waals surface area contributed by atoms with Crippen LogP contribution in [0.2, 0.25) is 0 Å². The van der Waals surface area contributed by atoms with Gasteiger partial charge >= 0.3 is 5.97 Å². The number of pyridine rings is 2. The maximum absolute atomic E-state index is 14.1. The standard InChI is InChI=1S/C20H15FN2O4/c1-2-20(26)13-7-16-17-10(6-11-14(21)4-3-5-15(11)22-17)8-23(16)18(24)12(13)9-27-19(20)25/h3-7,26H,2,8-9H2,1H3/t20-/m0/s1. The summed E-state index contributed by atoms with van der Waals surface area (Å²) in [6, 6.07) is 8.00. The summed E-state index contributed by atoms with van der Waals surface area (Å²) in [5.74, 6) is -1.13. The SMILES string of the molecule is CC[C@@]1(O)C(=O)OCc2c1cc1n(c2=O)Cc2cc3c(F)cccc3nc2-1. The molecule has 0 aliphatic carbocycles. The predicted octanol–water partition coefficient (Wildman–Crippen LogP) is 2.22. The van der Waals surface area contributed by atoms with Gasteiger partial charge in [0.1, 0.15) is 12.4 Å². The zero-order valence-corrected chi connectivity index (χ0v) is 14.5. The number of carbonyl (C=O) groups excluding carboxylic acids is 1. The number of aromatic nitrogens is 2. The fraction of sp³-hybridized carbons (Fsp3) is 0.250. The second kappa shape index (κ2) is 5.23. The molecule has 1 atom stereocenters. The number of rotatable bonds is 1. The Morgan fingerprint density at radius 3 is 2.93 bits per heavy atom. The zero-order chi connectivity index (χ0) is 18.9. The van der Waals surface area contributed by atoms with E-state index in [0.29, 0.717) is 22.3 Å². The van der Waals surface area contributed by atoms with E-state index >= 15 is 0 Å². The van der Waals surface area contributed by atoms with Crippen LogP contribution in [0.3, 0.4) is 0 Å². The van der Waals surface area contributed by atoms with Crippen molar-refractivity contribution in [2.45, 2.75) is 32.1 Å². The van der Waals surface area contributed by atoms with Crippen molar-refractivity contribution in [3.05, 3.63) is 63.2 Å². The minimum atomic E-state index is -1.85. The summed E-state index contributed by atoms with van der Waals surface area (Å²) >= 11 is 0. The first-order valence-corrected chi connectivity index (χ1v) is 8.69. The zero-order valence-electron chi connectivity index (χ0n) is 14.5. The van der Waals surface area contributed by atoms with Gasteiger partial charge in [-0.2, -0.15) is 0 Å². The number of fused-ring (bicyclic) bond motifs is 5. The third-order valence-electron chi connectivity index (χ3n) is 5.50. The number of cyclic esters (lactones) is 1. The van der Waals surface area contributed by atoms with Crippen molar-refractivity contribution in [3.63, 3.8) is 0 Å². The molecule has 0 saturated carbocycles. The van der Waals surface area contributed by atoms with Gasteiger partial charge in [-0.1, -0.05) is 13.0 Å². The molecule has 2 aliphatic heterocycles. The van der Waals surface area contributed by atoms with E-state index in [4.69, 9.17) is 4.74 Å². The molecule has 2 aliphatic rings. The first-order chi connectivity index (χ1) is 12.9. The number of nitrogens with zero attached hydrogens (tertiary/aromatic N) is 2. The van der Waals surface area contributed by atoms with E-state index in [9.17, 15) is 19.1 Å². The van der Waals surface area contributed by atoms with Crippen molar-refractivity contribution < 1.29 is 19.0 Å². The molecule has 6 nitrogen and oxygen atoms in total. The number of esters is 1. The molecule has 0 fully saturated rings. The van der Waals surface area contributed by atoms with Gasteiger partial charge in [0.05, 0.1) is 29.0 Å². The molecular formula is C20H15FN2O4. The number of ether oxygens (including phenoxy) is 1.